The Kier molecular flexibility index (Phi) is 11.2. The van der Waals surface area contributed by atoms with E-state index in [1.54, 1.807) is 30.5 Å². The van der Waals surface area contributed by atoms with Gasteiger partial charge in [0.1, 0.15) is 5.75 Å². The quantitative estimate of drug-likeness (QED) is 0.0803. The molecule has 0 unspecified atom stereocenters. The summed E-state index contributed by atoms with van der Waals surface area (Å²) in [5, 5.41) is 23.7. The predicted octanol–water partition coefficient (Wildman–Crippen LogP) is 7.69. The number of hydrogen-bond acceptors (Lipinski definition) is 7. The maximum Gasteiger partial charge on any atom is 0.455 e. The number of anilines is 1. The molecule has 294 valence electrons. The van der Waals surface area contributed by atoms with Crippen molar-refractivity contribution in [3.63, 3.8) is 0 Å². The Balaban J connectivity index is 1.23. The van der Waals surface area contributed by atoms with Crippen molar-refractivity contribution in [2.75, 3.05) is 11.5 Å². The van der Waals surface area contributed by atoms with Gasteiger partial charge in [0.25, 0.3) is 8.32 Å². The van der Waals surface area contributed by atoms with E-state index in [9.17, 15) is 19.7 Å². The van der Waals surface area contributed by atoms with Crippen LogP contribution in [0.5, 0.6) is 5.75 Å². The van der Waals surface area contributed by atoms with Crippen molar-refractivity contribution in [1.82, 2.24) is 4.98 Å². The number of phenols is 1. The number of carbonyl (C=O) groups is 2. The normalized spacial score (nSPS) is 21.3. The topological polar surface area (TPSA) is 109 Å². The van der Waals surface area contributed by atoms with Crippen molar-refractivity contribution >= 4 is 55.0 Å². The van der Waals surface area contributed by atoms with E-state index < -0.39 is 39.3 Å². The first-order valence-corrected chi connectivity index (χ1v) is 22.1. The molecule has 8 rings (SSSR count). The van der Waals surface area contributed by atoms with Crippen LogP contribution in [0.3, 0.4) is 0 Å². The van der Waals surface area contributed by atoms with Gasteiger partial charge in [0.15, 0.2) is 0 Å². The molecule has 58 heavy (non-hydrogen) atoms. The van der Waals surface area contributed by atoms with E-state index in [0.29, 0.717) is 24.9 Å². The largest absolute Gasteiger partial charge is 0.508 e. The van der Waals surface area contributed by atoms with Crippen LogP contribution in [0.1, 0.15) is 51.3 Å². The molecule has 0 radical (unpaired) electrons. The summed E-state index contributed by atoms with van der Waals surface area (Å²) in [5.41, 5.74) is 5.04. The number of benzene rings is 4. The highest BCUT2D eigenvalue weighted by molar-refractivity contribution is 6.99. The molecule has 5 aromatic rings. The van der Waals surface area contributed by atoms with Crippen LogP contribution in [-0.4, -0.2) is 55.1 Å². The van der Waals surface area contributed by atoms with E-state index in [1.165, 1.54) is 4.90 Å². The predicted molar refractivity (Wildman–Crippen MR) is 232 cm³/mol. The molecule has 8 nitrogen and oxygen atoms in total. The van der Waals surface area contributed by atoms with Crippen LogP contribution < -0.4 is 15.3 Å². The van der Waals surface area contributed by atoms with Crippen molar-refractivity contribution in [2.45, 2.75) is 57.5 Å². The van der Waals surface area contributed by atoms with E-state index in [-0.39, 0.29) is 35.5 Å². The van der Waals surface area contributed by atoms with Gasteiger partial charge in [-0.3, -0.25) is 19.5 Å². The number of pyridine rings is 1. The summed E-state index contributed by atoms with van der Waals surface area (Å²) < 4.78 is 14.0. The highest BCUT2D eigenvalue weighted by atomic mass is 28.4. The van der Waals surface area contributed by atoms with Crippen molar-refractivity contribution in [3.8, 4) is 5.75 Å². The summed E-state index contributed by atoms with van der Waals surface area (Å²) in [6, 6.07) is 43.0. The molecule has 3 heterocycles. The Morgan fingerprint density at radius 1 is 0.862 bits per heavy atom. The fraction of sp³-hybridized carbons (Fsp3) is 0.271. The third kappa shape index (κ3) is 7.53. The van der Waals surface area contributed by atoms with Gasteiger partial charge in [-0.25, -0.2) is 0 Å². The lowest BCUT2D eigenvalue weighted by molar-refractivity contribution is -0.122. The molecule has 1 aliphatic carbocycles. The Morgan fingerprint density at radius 2 is 1.52 bits per heavy atom. The van der Waals surface area contributed by atoms with Crippen LogP contribution in [0, 0.1) is 17.8 Å². The molecule has 2 N–H and O–H groups in total. The zero-order valence-corrected chi connectivity index (χ0v) is 34.2. The summed E-state index contributed by atoms with van der Waals surface area (Å²) in [6.45, 7) is 6.98. The summed E-state index contributed by atoms with van der Waals surface area (Å²) in [7, 11) is -4.14. The standard InChI is InChI=1S/C48H49BN2O6Si/c1-48(2,3)58(38-20-9-5-10-21-38,39-22-11-6-12-23-39)56-32-35-30-40-45(47(54)51(46(40)53)36-17-7-4-8-18-36)41-31-49(55)57-43(44(35)41)26-25-34(42-24-13-14-27-50-42)28-33-16-15-19-37(52)29-33/h4-24,27-29,40-41,43,45,52,55H,25-26,30-32H2,1-3H3/b34-28-/t40-,41+,43-,45-/m1/s1. The molecule has 2 aliphatic heterocycles. The maximum atomic E-state index is 14.5. The fourth-order valence-corrected chi connectivity index (χ4v) is 14.2. The Morgan fingerprint density at radius 3 is 2.14 bits per heavy atom. The molecule has 4 atom stereocenters. The van der Waals surface area contributed by atoms with Gasteiger partial charge < -0.3 is 19.2 Å². The van der Waals surface area contributed by atoms with Gasteiger partial charge in [-0.05, 0) is 112 Å². The molecule has 0 saturated carbocycles. The molecular weight excluding hydrogens is 739 g/mol. The van der Waals surface area contributed by atoms with Crippen LogP contribution in [0.25, 0.3) is 11.6 Å². The van der Waals surface area contributed by atoms with E-state index >= 15 is 0 Å². The molecule has 4 aromatic carbocycles. The maximum absolute atomic E-state index is 14.5. The van der Waals surface area contributed by atoms with E-state index in [4.69, 9.17) is 9.08 Å². The minimum atomic E-state index is -3.01. The lowest BCUT2D eigenvalue weighted by atomic mass is 9.58. The minimum absolute atomic E-state index is 0.170. The second kappa shape index (κ2) is 16.5. The number of phenolic OH excluding ortho intramolecular Hbond substituents is 1. The number of nitrogens with zero attached hydrogens (tertiary/aromatic N) is 2. The van der Waals surface area contributed by atoms with Crippen molar-refractivity contribution in [2.24, 2.45) is 17.8 Å². The number of allylic oxidation sites excluding steroid dienone is 1. The molecule has 1 aromatic heterocycles. The summed E-state index contributed by atoms with van der Waals surface area (Å²) in [4.78, 5) is 35.0. The van der Waals surface area contributed by atoms with Gasteiger partial charge >= 0.3 is 7.12 Å². The molecule has 2 saturated heterocycles. The SMILES string of the molecule is CC(C)(C)[Si](OCC1=C2[C@@H](CC/C(=C/c3cccc(O)c3)c3ccccn3)OB(O)C[C@@H]2[C@@H]2C(=O)N(c3ccccc3)C(=O)[C@@H]2C1)(c1ccccc1)c1ccccc1. The summed E-state index contributed by atoms with van der Waals surface area (Å²) in [6.07, 6.45) is 4.78. The third-order valence-electron chi connectivity index (χ3n) is 12.1. The first-order chi connectivity index (χ1) is 28.0. The van der Waals surface area contributed by atoms with E-state index in [1.807, 2.05) is 66.7 Å². The zero-order chi connectivity index (χ0) is 40.4. The van der Waals surface area contributed by atoms with Crippen LogP contribution in [-0.2, 0) is 18.7 Å². The fourth-order valence-electron chi connectivity index (χ4n) is 9.61. The Labute approximate surface area is 342 Å². The number of aromatic hydroxyl groups is 1. The number of aromatic nitrogens is 1. The molecule has 10 heteroatoms. The number of para-hydroxylation sites is 1. The van der Waals surface area contributed by atoms with Crippen LogP contribution in [0.15, 0.2) is 151 Å². The van der Waals surface area contributed by atoms with Crippen LogP contribution in [0.4, 0.5) is 5.69 Å². The number of hydrogen-bond donors (Lipinski definition) is 2. The third-order valence-corrected chi connectivity index (χ3v) is 17.1. The average Bonchev–Trinajstić information content (AvgIpc) is 3.48. The zero-order valence-electron chi connectivity index (χ0n) is 33.2. The van der Waals surface area contributed by atoms with Gasteiger partial charge in [-0.15, -0.1) is 0 Å². The number of amides is 2. The second-order valence-electron chi connectivity index (χ2n) is 16.6. The number of carbonyl (C=O) groups excluding carboxylic acids is 2. The molecular formula is C48H49BN2O6Si. The molecule has 3 aliphatic rings. The Bertz CT molecular complexity index is 2280. The van der Waals surface area contributed by atoms with Gasteiger partial charge in [-0.2, -0.15) is 0 Å². The number of fused-ring (bicyclic) bond motifs is 3. The van der Waals surface area contributed by atoms with Crippen molar-refractivity contribution < 1.29 is 28.8 Å². The molecule has 0 spiro atoms. The Hall–Kier alpha value is -5.39. The number of rotatable bonds is 11. The number of imide groups is 1. The molecule has 2 amide bonds. The average molecular weight is 789 g/mol. The molecule has 0 bridgehead atoms. The monoisotopic (exact) mass is 788 g/mol. The minimum Gasteiger partial charge on any atom is -0.508 e. The smallest absolute Gasteiger partial charge is 0.455 e. The van der Waals surface area contributed by atoms with Crippen molar-refractivity contribution in [1.29, 1.82) is 0 Å². The first kappa shape index (κ1) is 39.4. The van der Waals surface area contributed by atoms with Crippen LogP contribution in [0.2, 0.25) is 11.4 Å². The van der Waals surface area contributed by atoms with Gasteiger partial charge in [0, 0.05) is 6.20 Å². The second-order valence-corrected chi connectivity index (χ2v) is 20.9. The van der Waals surface area contributed by atoms with Gasteiger partial charge in [-0.1, -0.05) is 118 Å². The van der Waals surface area contributed by atoms with E-state index in [2.05, 4.69) is 74.3 Å². The first-order valence-electron chi connectivity index (χ1n) is 20.2. The van der Waals surface area contributed by atoms with Gasteiger partial charge in [0.05, 0.1) is 35.9 Å². The highest BCUT2D eigenvalue weighted by Gasteiger charge is 2.58. The highest BCUT2D eigenvalue weighted by Crippen LogP contribution is 2.52. The molecule has 2 fully saturated rings. The lowest BCUT2D eigenvalue weighted by Gasteiger charge is -2.46. The van der Waals surface area contributed by atoms with Gasteiger partial charge in [0.2, 0.25) is 11.8 Å². The van der Waals surface area contributed by atoms with E-state index in [0.717, 1.165) is 38.4 Å². The lowest BCUT2D eigenvalue weighted by Crippen LogP contribution is -2.66. The summed E-state index contributed by atoms with van der Waals surface area (Å²) >= 11 is 0. The van der Waals surface area contributed by atoms with Crippen LogP contribution >= 0.6 is 0 Å². The summed E-state index contributed by atoms with van der Waals surface area (Å²) in [5.74, 6) is -1.95. The van der Waals surface area contributed by atoms with Crippen molar-refractivity contribution in [3.05, 3.63) is 162 Å².